The highest BCUT2D eigenvalue weighted by molar-refractivity contribution is 7.95. The lowest BCUT2D eigenvalue weighted by atomic mass is 10.0. The third-order valence-electron chi connectivity index (χ3n) is 4.98. The molecule has 0 N–H and O–H groups in total. The number of rotatable bonds is 12. The fraction of sp³-hybridized carbons (Fsp3) is 0.652. The van der Waals surface area contributed by atoms with E-state index in [1.54, 1.807) is 13.1 Å². The highest BCUT2D eigenvalue weighted by Crippen LogP contribution is 2.42. The number of hydrogen-bond donors (Lipinski definition) is 0. The van der Waals surface area contributed by atoms with Crippen LogP contribution in [0.5, 0.6) is 11.5 Å². The molecule has 1 heterocycles. The normalized spacial score (nSPS) is 14.1. The van der Waals surface area contributed by atoms with Crippen LogP contribution in [0.3, 0.4) is 0 Å². The first-order chi connectivity index (χ1) is 14.4. The van der Waals surface area contributed by atoms with Gasteiger partial charge in [0.05, 0.1) is 6.07 Å². The smallest absolute Gasteiger partial charge is 0.426 e. The summed E-state index contributed by atoms with van der Waals surface area (Å²) in [4.78, 5) is 12.7. The fourth-order valence-corrected chi connectivity index (χ4v) is 4.30. The van der Waals surface area contributed by atoms with Crippen LogP contribution < -0.4 is 9.47 Å². The van der Waals surface area contributed by atoms with Gasteiger partial charge < -0.3 is 9.47 Å². The van der Waals surface area contributed by atoms with E-state index in [0.29, 0.717) is 24.5 Å². The first-order valence-corrected chi connectivity index (χ1v) is 11.7. The summed E-state index contributed by atoms with van der Waals surface area (Å²) in [5, 5.41) is 8.95. The molecule has 0 saturated heterocycles. The first kappa shape index (κ1) is 24.4. The fourth-order valence-electron chi connectivity index (χ4n) is 3.47. The standard InChI is InChI=1S/C23H35N3O3S/c1-5-6-7-8-9-10-16-26(17-12-15-24)30-25(4)22(27)28-20-14-11-13-19-18-23(2,3)29-21(19)20/h11,13-14H,5-10,12,16-18H2,1-4H3. The van der Waals surface area contributed by atoms with Gasteiger partial charge in [0.2, 0.25) is 0 Å². The molecule has 0 atom stereocenters. The number of carbonyl (C=O) groups excluding carboxylic acids is 1. The van der Waals surface area contributed by atoms with Crippen molar-refractivity contribution in [3.8, 4) is 17.6 Å². The van der Waals surface area contributed by atoms with Crippen molar-refractivity contribution in [3.05, 3.63) is 23.8 Å². The molecule has 0 bridgehead atoms. The molecule has 30 heavy (non-hydrogen) atoms. The Kier molecular flexibility index (Phi) is 9.80. The zero-order valence-corrected chi connectivity index (χ0v) is 19.6. The van der Waals surface area contributed by atoms with Gasteiger partial charge in [-0.3, -0.25) is 0 Å². The Labute approximate surface area is 185 Å². The van der Waals surface area contributed by atoms with Gasteiger partial charge in [0, 0.05) is 50.7 Å². The highest BCUT2D eigenvalue weighted by Gasteiger charge is 2.33. The van der Waals surface area contributed by atoms with Gasteiger partial charge in [-0.1, -0.05) is 51.2 Å². The summed E-state index contributed by atoms with van der Waals surface area (Å²) in [6.07, 6.45) is 8.02. The Morgan fingerprint density at radius 1 is 1.23 bits per heavy atom. The van der Waals surface area contributed by atoms with Crippen LogP contribution in [0.2, 0.25) is 0 Å². The molecule has 7 heteroatoms. The van der Waals surface area contributed by atoms with E-state index >= 15 is 0 Å². The van der Waals surface area contributed by atoms with E-state index in [2.05, 4.69) is 17.3 Å². The highest BCUT2D eigenvalue weighted by atomic mass is 32.2. The SMILES string of the molecule is CCCCCCCCN(CCC#N)SN(C)C(=O)Oc1cccc2c1OC(C)(C)C2. The molecule has 0 fully saturated rings. The number of para-hydroxylation sites is 1. The van der Waals surface area contributed by atoms with Crippen molar-refractivity contribution in [1.29, 1.82) is 5.26 Å². The second kappa shape index (κ2) is 12.1. The largest absolute Gasteiger partial charge is 0.483 e. The van der Waals surface area contributed by atoms with Gasteiger partial charge in [-0.15, -0.1) is 0 Å². The molecule has 0 aromatic heterocycles. The van der Waals surface area contributed by atoms with Crippen LogP contribution in [0.1, 0.15) is 71.3 Å². The van der Waals surface area contributed by atoms with Gasteiger partial charge >= 0.3 is 6.09 Å². The quantitative estimate of drug-likeness (QED) is 0.299. The molecular weight excluding hydrogens is 398 g/mol. The average molecular weight is 434 g/mol. The molecule has 0 saturated carbocycles. The molecule has 6 nitrogen and oxygen atoms in total. The molecule has 1 aromatic rings. The van der Waals surface area contributed by atoms with Crippen LogP contribution in [0.15, 0.2) is 18.2 Å². The first-order valence-electron chi connectivity index (χ1n) is 10.9. The topological polar surface area (TPSA) is 65.8 Å². The van der Waals surface area contributed by atoms with Crippen LogP contribution in [0.25, 0.3) is 0 Å². The molecule has 2 rings (SSSR count). The second-order valence-corrected chi connectivity index (χ2v) is 9.56. The summed E-state index contributed by atoms with van der Waals surface area (Å²) in [7, 11) is 1.70. The number of nitrogens with zero attached hydrogens (tertiary/aromatic N) is 3. The maximum atomic E-state index is 12.7. The van der Waals surface area contributed by atoms with Gasteiger partial charge in [0.15, 0.2) is 11.5 Å². The minimum Gasteiger partial charge on any atom is -0.483 e. The number of hydrogen-bond acceptors (Lipinski definition) is 6. The number of ether oxygens (including phenoxy) is 2. The maximum Gasteiger partial charge on any atom is 0.426 e. The lowest BCUT2D eigenvalue weighted by molar-refractivity contribution is 0.131. The van der Waals surface area contributed by atoms with Crippen molar-refractivity contribution in [3.63, 3.8) is 0 Å². The minimum atomic E-state index is -0.452. The minimum absolute atomic E-state index is 0.295. The van der Waals surface area contributed by atoms with Gasteiger partial charge in [-0.05, 0) is 26.3 Å². The van der Waals surface area contributed by atoms with Gasteiger partial charge in [-0.25, -0.2) is 13.4 Å². The van der Waals surface area contributed by atoms with Gasteiger partial charge in [0.25, 0.3) is 0 Å². The number of amides is 1. The summed E-state index contributed by atoms with van der Waals surface area (Å²) in [5.74, 6) is 1.11. The molecule has 1 aliphatic heterocycles. The molecule has 0 unspecified atom stereocenters. The Balaban J connectivity index is 1.88. The van der Waals surface area contributed by atoms with Crippen molar-refractivity contribution in [1.82, 2.24) is 8.61 Å². The summed E-state index contributed by atoms with van der Waals surface area (Å²) >= 11 is 1.31. The van der Waals surface area contributed by atoms with E-state index in [0.717, 1.165) is 24.9 Å². The molecular formula is C23H35N3O3S. The Hall–Kier alpha value is -1.91. The maximum absolute atomic E-state index is 12.7. The van der Waals surface area contributed by atoms with Crippen molar-refractivity contribution in [2.45, 2.75) is 77.7 Å². The van der Waals surface area contributed by atoms with Crippen molar-refractivity contribution < 1.29 is 14.3 Å². The third kappa shape index (κ3) is 7.73. The predicted molar refractivity (Wildman–Crippen MR) is 121 cm³/mol. The average Bonchev–Trinajstić information content (AvgIpc) is 3.03. The van der Waals surface area contributed by atoms with Crippen molar-refractivity contribution in [2.24, 2.45) is 0 Å². The van der Waals surface area contributed by atoms with Crippen LogP contribution in [0, 0.1) is 11.3 Å². The number of carbonyl (C=O) groups is 1. The summed E-state index contributed by atoms with van der Waals surface area (Å²) in [6, 6.07) is 7.84. The number of nitriles is 1. The van der Waals surface area contributed by atoms with Crippen LogP contribution in [0.4, 0.5) is 4.79 Å². The van der Waals surface area contributed by atoms with E-state index in [-0.39, 0.29) is 5.60 Å². The Bertz CT molecular complexity index is 733. The van der Waals surface area contributed by atoms with E-state index in [1.807, 2.05) is 26.0 Å². The van der Waals surface area contributed by atoms with Crippen LogP contribution in [-0.2, 0) is 6.42 Å². The molecule has 1 amide bonds. The van der Waals surface area contributed by atoms with Gasteiger partial charge in [0.1, 0.15) is 5.60 Å². The molecule has 1 aromatic carbocycles. The Morgan fingerprint density at radius 2 is 1.97 bits per heavy atom. The van der Waals surface area contributed by atoms with Crippen molar-refractivity contribution >= 4 is 18.2 Å². The zero-order chi connectivity index (χ0) is 22.0. The monoisotopic (exact) mass is 433 g/mol. The zero-order valence-electron chi connectivity index (χ0n) is 18.8. The van der Waals surface area contributed by atoms with Crippen LogP contribution in [-0.4, -0.2) is 40.4 Å². The summed E-state index contributed by atoms with van der Waals surface area (Å²) in [5.41, 5.74) is 0.760. The van der Waals surface area contributed by atoms with Crippen LogP contribution >= 0.6 is 12.1 Å². The molecule has 0 spiro atoms. The van der Waals surface area contributed by atoms with E-state index < -0.39 is 6.09 Å². The number of fused-ring (bicyclic) bond motifs is 1. The van der Waals surface area contributed by atoms with E-state index in [9.17, 15) is 4.79 Å². The Morgan fingerprint density at radius 3 is 2.70 bits per heavy atom. The molecule has 166 valence electrons. The number of unbranched alkanes of at least 4 members (excludes halogenated alkanes) is 5. The van der Waals surface area contributed by atoms with Crippen molar-refractivity contribution in [2.75, 3.05) is 20.1 Å². The number of benzene rings is 1. The third-order valence-corrected chi connectivity index (χ3v) is 5.97. The lowest BCUT2D eigenvalue weighted by Gasteiger charge is -2.25. The van der Waals surface area contributed by atoms with E-state index in [1.165, 1.54) is 48.5 Å². The summed E-state index contributed by atoms with van der Waals surface area (Å²) < 4.78 is 15.2. The molecule has 0 radical (unpaired) electrons. The molecule has 1 aliphatic rings. The lowest BCUT2D eigenvalue weighted by Crippen LogP contribution is -2.30. The molecule has 0 aliphatic carbocycles. The second-order valence-electron chi connectivity index (χ2n) is 8.33. The summed E-state index contributed by atoms with van der Waals surface area (Å²) in [6.45, 7) is 7.72. The predicted octanol–water partition coefficient (Wildman–Crippen LogP) is 5.97. The van der Waals surface area contributed by atoms with E-state index in [4.69, 9.17) is 14.7 Å². The van der Waals surface area contributed by atoms with Gasteiger partial charge in [-0.2, -0.15) is 5.26 Å².